The zero-order valence-corrected chi connectivity index (χ0v) is 6.88. The first-order valence-electron chi connectivity index (χ1n) is 3.87. The van der Waals surface area contributed by atoms with Gasteiger partial charge in [-0.25, -0.2) is 8.78 Å². The van der Waals surface area contributed by atoms with E-state index in [1.54, 1.807) is 0 Å². The number of amides is 1. The van der Waals surface area contributed by atoms with Gasteiger partial charge < -0.3 is 5.32 Å². The summed E-state index contributed by atoms with van der Waals surface area (Å²) in [6, 6.07) is 3.53. The Hall–Kier alpha value is -1.78. The molecular formula is C9H5F2NO2. The molecule has 5 heteroatoms. The van der Waals surface area contributed by atoms with E-state index < -0.39 is 18.1 Å². The van der Waals surface area contributed by atoms with Crippen LogP contribution in [0.3, 0.4) is 0 Å². The third-order valence-corrected chi connectivity index (χ3v) is 1.99. The van der Waals surface area contributed by atoms with E-state index in [2.05, 4.69) is 5.32 Å². The lowest BCUT2D eigenvalue weighted by Gasteiger charge is -2.01. The van der Waals surface area contributed by atoms with Crippen LogP contribution in [0.25, 0.3) is 0 Å². The van der Waals surface area contributed by atoms with Crippen molar-refractivity contribution in [2.75, 3.05) is 5.32 Å². The van der Waals surface area contributed by atoms with Gasteiger partial charge in [0, 0.05) is 5.56 Å². The number of hydrogen-bond acceptors (Lipinski definition) is 2. The fourth-order valence-corrected chi connectivity index (χ4v) is 1.30. The number of rotatable bonds is 1. The van der Waals surface area contributed by atoms with Gasteiger partial charge in [0.2, 0.25) is 0 Å². The number of halogens is 2. The van der Waals surface area contributed by atoms with Gasteiger partial charge in [-0.1, -0.05) is 6.07 Å². The second-order valence-corrected chi connectivity index (χ2v) is 2.89. The van der Waals surface area contributed by atoms with Crippen molar-refractivity contribution in [3.8, 4) is 0 Å². The topological polar surface area (TPSA) is 46.2 Å². The Balaban J connectivity index is 2.51. The summed E-state index contributed by atoms with van der Waals surface area (Å²) in [4.78, 5) is 22.0. The highest BCUT2D eigenvalue weighted by Crippen LogP contribution is 2.28. The Kier molecular flexibility index (Phi) is 1.80. The minimum atomic E-state index is -2.64. The van der Waals surface area contributed by atoms with Crippen LogP contribution in [0.1, 0.15) is 22.3 Å². The predicted molar refractivity (Wildman–Crippen MR) is 44.4 cm³/mol. The maximum absolute atomic E-state index is 12.2. The van der Waals surface area contributed by atoms with Gasteiger partial charge >= 0.3 is 0 Å². The Morgan fingerprint density at radius 3 is 2.57 bits per heavy atom. The number of carbonyl (C=O) groups excluding carboxylic acids is 2. The summed E-state index contributed by atoms with van der Waals surface area (Å²) in [5.74, 6) is -1.53. The standard InChI is InChI=1S/C9H5F2NO2/c10-8(11)4-1-2-6-5(3-4)7(13)9(14)12-6/h1-3,8H,(H,12,13,14). The van der Waals surface area contributed by atoms with Crippen molar-refractivity contribution in [1.29, 1.82) is 0 Å². The molecule has 1 amide bonds. The zero-order valence-electron chi connectivity index (χ0n) is 6.88. The smallest absolute Gasteiger partial charge is 0.296 e. The van der Waals surface area contributed by atoms with Crippen LogP contribution in [-0.2, 0) is 4.79 Å². The van der Waals surface area contributed by atoms with Crippen LogP contribution in [0.15, 0.2) is 18.2 Å². The van der Waals surface area contributed by atoms with Crippen LogP contribution >= 0.6 is 0 Å². The first-order valence-corrected chi connectivity index (χ1v) is 3.87. The molecule has 1 aliphatic heterocycles. The molecule has 3 nitrogen and oxygen atoms in total. The number of Topliss-reactive ketones (excluding diaryl/α,β-unsaturated/α-hetero) is 1. The van der Waals surface area contributed by atoms with Crippen molar-refractivity contribution in [3.05, 3.63) is 29.3 Å². The first-order chi connectivity index (χ1) is 6.59. The summed E-state index contributed by atoms with van der Waals surface area (Å²) in [7, 11) is 0. The number of anilines is 1. The minimum absolute atomic E-state index is 0.0211. The molecule has 0 saturated carbocycles. The van der Waals surface area contributed by atoms with Crippen molar-refractivity contribution < 1.29 is 18.4 Å². The Bertz CT molecular complexity index is 429. The van der Waals surface area contributed by atoms with Crippen LogP contribution in [-0.4, -0.2) is 11.7 Å². The molecule has 1 aromatic carbocycles. The molecule has 1 N–H and O–H groups in total. The maximum atomic E-state index is 12.2. The molecular weight excluding hydrogens is 192 g/mol. The number of hydrogen-bond donors (Lipinski definition) is 1. The van der Waals surface area contributed by atoms with Crippen molar-refractivity contribution in [1.82, 2.24) is 0 Å². The summed E-state index contributed by atoms with van der Waals surface area (Å²) in [6.45, 7) is 0. The van der Waals surface area contributed by atoms with Crippen LogP contribution in [0.4, 0.5) is 14.5 Å². The van der Waals surface area contributed by atoms with Crippen molar-refractivity contribution >= 4 is 17.4 Å². The highest BCUT2D eigenvalue weighted by Gasteiger charge is 2.28. The number of benzene rings is 1. The molecule has 0 saturated heterocycles. The molecule has 14 heavy (non-hydrogen) atoms. The first kappa shape index (κ1) is 8.80. The largest absolute Gasteiger partial charge is 0.318 e. The van der Waals surface area contributed by atoms with Crippen molar-refractivity contribution in [2.24, 2.45) is 0 Å². The van der Waals surface area contributed by atoms with E-state index in [4.69, 9.17) is 0 Å². The fraction of sp³-hybridized carbons (Fsp3) is 0.111. The van der Waals surface area contributed by atoms with Crippen LogP contribution in [0.5, 0.6) is 0 Å². The van der Waals surface area contributed by atoms with Crippen LogP contribution < -0.4 is 5.32 Å². The summed E-state index contributed by atoms with van der Waals surface area (Å²) in [6.07, 6.45) is -2.64. The molecule has 0 unspecified atom stereocenters. The molecule has 0 spiro atoms. The van der Waals surface area contributed by atoms with Gasteiger partial charge in [0.05, 0.1) is 11.3 Å². The lowest BCUT2D eigenvalue weighted by Crippen LogP contribution is -2.12. The Morgan fingerprint density at radius 2 is 1.93 bits per heavy atom. The van der Waals surface area contributed by atoms with Gasteiger partial charge in [-0.2, -0.15) is 0 Å². The number of carbonyl (C=O) groups is 2. The third-order valence-electron chi connectivity index (χ3n) is 1.99. The Labute approximate surface area is 77.7 Å². The van der Waals surface area contributed by atoms with Gasteiger partial charge in [0.15, 0.2) is 0 Å². The number of fused-ring (bicyclic) bond motifs is 1. The average molecular weight is 197 g/mol. The molecule has 1 heterocycles. The van der Waals surface area contributed by atoms with E-state index in [0.29, 0.717) is 5.69 Å². The molecule has 1 aromatic rings. The molecule has 0 bridgehead atoms. The SMILES string of the molecule is O=C1Nc2ccc(C(F)F)cc2C1=O. The lowest BCUT2D eigenvalue weighted by atomic mass is 10.1. The quantitative estimate of drug-likeness (QED) is 0.697. The van der Waals surface area contributed by atoms with E-state index in [0.717, 1.165) is 6.07 Å². The highest BCUT2D eigenvalue weighted by molar-refractivity contribution is 6.51. The fourth-order valence-electron chi connectivity index (χ4n) is 1.30. The zero-order chi connectivity index (χ0) is 10.3. The molecule has 0 aromatic heterocycles. The second-order valence-electron chi connectivity index (χ2n) is 2.89. The molecule has 0 radical (unpaired) electrons. The lowest BCUT2D eigenvalue weighted by molar-refractivity contribution is -0.112. The Morgan fingerprint density at radius 1 is 1.21 bits per heavy atom. The van der Waals surface area contributed by atoms with Crippen molar-refractivity contribution in [2.45, 2.75) is 6.43 Å². The average Bonchev–Trinajstić information content (AvgIpc) is 2.43. The molecule has 1 aliphatic rings. The molecule has 0 fully saturated rings. The summed E-state index contributed by atoms with van der Waals surface area (Å²) >= 11 is 0. The van der Waals surface area contributed by atoms with Crippen LogP contribution in [0, 0.1) is 0 Å². The highest BCUT2D eigenvalue weighted by atomic mass is 19.3. The number of ketones is 1. The van der Waals surface area contributed by atoms with Gasteiger partial charge in [0.25, 0.3) is 18.1 Å². The van der Waals surface area contributed by atoms with E-state index >= 15 is 0 Å². The summed E-state index contributed by atoms with van der Waals surface area (Å²) < 4.78 is 24.5. The molecule has 2 rings (SSSR count). The number of alkyl halides is 2. The molecule has 0 aliphatic carbocycles. The normalized spacial score (nSPS) is 14.5. The van der Waals surface area contributed by atoms with Crippen LogP contribution in [0.2, 0.25) is 0 Å². The van der Waals surface area contributed by atoms with E-state index in [1.165, 1.54) is 12.1 Å². The van der Waals surface area contributed by atoms with E-state index in [-0.39, 0.29) is 11.1 Å². The van der Waals surface area contributed by atoms with Gasteiger partial charge in [-0.3, -0.25) is 9.59 Å². The van der Waals surface area contributed by atoms with E-state index in [1.807, 2.05) is 0 Å². The summed E-state index contributed by atoms with van der Waals surface area (Å²) in [5, 5.41) is 2.28. The van der Waals surface area contributed by atoms with E-state index in [9.17, 15) is 18.4 Å². The minimum Gasteiger partial charge on any atom is -0.318 e. The second kappa shape index (κ2) is 2.87. The molecule has 0 atom stereocenters. The van der Waals surface area contributed by atoms with Gasteiger partial charge in [0.1, 0.15) is 0 Å². The van der Waals surface area contributed by atoms with Gasteiger partial charge in [-0.15, -0.1) is 0 Å². The van der Waals surface area contributed by atoms with Gasteiger partial charge in [-0.05, 0) is 12.1 Å². The maximum Gasteiger partial charge on any atom is 0.296 e. The predicted octanol–water partition coefficient (Wildman–Crippen LogP) is 1.76. The molecule has 72 valence electrons. The monoisotopic (exact) mass is 197 g/mol. The van der Waals surface area contributed by atoms with Crippen molar-refractivity contribution in [3.63, 3.8) is 0 Å². The third kappa shape index (κ3) is 1.17. The summed E-state index contributed by atoms with van der Waals surface area (Å²) in [5.41, 5.74) is 0.0609. The number of nitrogens with one attached hydrogen (secondary N) is 1.